The highest BCUT2D eigenvalue weighted by Crippen LogP contribution is 2.29. The fraction of sp³-hybridized carbons (Fsp3) is 0.435. The Bertz CT molecular complexity index is 969. The summed E-state index contributed by atoms with van der Waals surface area (Å²) in [5, 5.41) is 0.571. The van der Waals surface area contributed by atoms with Crippen LogP contribution in [0.5, 0.6) is 0 Å². The van der Waals surface area contributed by atoms with Crippen LogP contribution in [-0.4, -0.2) is 47.3 Å². The summed E-state index contributed by atoms with van der Waals surface area (Å²) in [7, 11) is 0. The Morgan fingerprint density at radius 2 is 1.97 bits per heavy atom. The van der Waals surface area contributed by atoms with Crippen molar-refractivity contribution in [2.24, 2.45) is 5.92 Å². The zero-order valence-electron chi connectivity index (χ0n) is 17.6. The van der Waals surface area contributed by atoms with Gasteiger partial charge in [-0.1, -0.05) is 30.5 Å². The van der Waals surface area contributed by atoms with Gasteiger partial charge in [-0.2, -0.15) is 0 Å². The van der Waals surface area contributed by atoms with Gasteiger partial charge in [-0.25, -0.2) is 0 Å². The third kappa shape index (κ3) is 4.61. The Morgan fingerprint density at radius 1 is 1.19 bits per heavy atom. The highest BCUT2D eigenvalue weighted by molar-refractivity contribution is 6.31. The Balaban J connectivity index is 1.47. The molecule has 0 unspecified atom stereocenters. The van der Waals surface area contributed by atoms with Crippen molar-refractivity contribution in [3.05, 3.63) is 52.9 Å². The molecule has 2 fully saturated rings. The normalized spacial score (nSPS) is 16.9. The third-order valence-corrected chi connectivity index (χ3v) is 6.50. The predicted octanol–water partition coefficient (Wildman–Crippen LogP) is 3.59. The van der Waals surface area contributed by atoms with E-state index in [4.69, 9.17) is 16.0 Å². The molecule has 4 rings (SSSR count). The van der Waals surface area contributed by atoms with Gasteiger partial charge in [0, 0.05) is 16.6 Å². The summed E-state index contributed by atoms with van der Waals surface area (Å²) >= 11 is 6.20. The van der Waals surface area contributed by atoms with E-state index in [1.54, 1.807) is 40.3 Å². The van der Waals surface area contributed by atoms with Crippen LogP contribution in [0.15, 0.2) is 41.0 Å². The second-order valence-electron chi connectivity index (χ2n) is 8.19. The monoisotopic (exact) mass is 443 g/mol. The second kappa shape index (κ2) is 9.14. The fourth-order valence-electron chi connectivity index (χ4n) is 4.31. The number of anilines is 1. The molecule has 0 spiro atoms. The van der Waals surface area contributed by atoms with Gasteiger partial charge in [0.25, 0.3) is 0 Å². The second-order valence-corrected chi connectivity index (χ2v) is 8.60. The van der Waals surface area contributed by atoms with Crippen LogP contribution in [0.2, 0.25) is 5.02 Å². The van der Waals surface area contributed by atoms with E-state index in [0.717, 1.165) is 31.2 Å². The molecule has 0 radical (unpaired) electrons. The van der Waals surface area contributed by atoms with Crippen molar-refractivity contribution in [2.75, 3.05) is 24.7 Å². The largest absolute Gasteiger partial charge is 0.467 e. The molecule has 8 heteroatoms. The van der Waals surface area contributed by atoms with Crippen LogP contribution >= 0.6 is 11.6 Å². The van der Waals surface area contributed by atoms with E-state index in [2.05, 4.69) is 0 Å². The summed E-state index contributed by atoms with van der Waals surface area (Å²) in [5.74, 6) is 0.142. The molecule has 1 aromatic carbocycles. The first-order valence-electron chi connectivity index (χ1n) is 10.6. The molecule has 1 aliphatic heterocycles. The van der Waals surface area contributed by atoms with Crippen LogP contribution in [0.1, 0.15) is 37.0 Å². The minimum Gasteiger partial charge on any atom is -0.467 e. The van der Waals surface area contributed by atoms with Gasteiger partial charge in [0.1, 0.15) is 25.5 Å². The number of amides is 3. The summed E-state index contributed by atoms with van der Waals surface area (Å²) in [6.07, 6.45) is 5.33. The van der Waals surface area contributed by atoms with E-state index in [9.17, 15) is 14.4 Å². The SMILES string of the molecule is Cc1c(Cl)cccc1N1CN(C(=O)CN(Cc2ccco2)C(=O)C2CCCC2)CC1=O. The minimum absolute atomic E-state index is 0.0169. The van der Waals surface area contributed by atoms with Crippen molar-refractivity contribution in [1.82, 2.24) is 9.80 Å². The lowest BCUT2D eigenvalue weighted by Crippen LogP contribution is -2.44. The Hall–Kier alpha value is -2.80. The molecule has 1 saturated heterocycles. The zero-order valence-corrected chi connectivity index (χ0v) is 18.3. The van der Waals surface area contributed by atoms with Gasteiger partial charge in [-0.05, 0) is 49.6 Å². The van der Waals surface area contributed by atoms with Crippen LogP contribution in [0.3, 0.4) is 0 Å². The number of hydrogen-bond acceptors (Lipinski definition) is 4. The number of rotatable bonds is 6. The maximum Gasteiger partial charge on any atom is 0.248 e. The van der Waals surface area contributed by atoms with Crippen LogP contribution < -0.4 is 4.90 Å². The van der Waals surface area contributed by atoms with Crippen molar-refractivity contribution >= 4 is 35.0 Å². The molecule has 7 nitrogen and oxygen atoms in total. The number of hydrogen-bond donors (Lipinski definition) is 0. The lowest BCUT2D eigenvalue weighted by atomic mass is 10.1. The quantitative estimate of drug-likeness (QED) is 0.683. The Morgan fingerprint density at radius 3 is 2.68 bits per heavy atom. The van der Waals surface area contributed by atoms with E-state index in [1.165, 1.54) is 4.90 Å². The van der Waals surface area contributed by atoms with E-state index >= 15 is 0 Å². The number of nitrogens with zero attached hydrogens (tertiary/aromatic N) is 3. The Labute approximate surface area is 186 Å². The van der Waals surface area contributed by atoms with Crippen molar-refractivity contribution in [1.29, 1.82) is 0 Å². The standard InChI is InChI=1S/C23H26ClN3O4/c1-16-19(24)9-4-10-20(16)27-15-26(14-22(27)29)21(28)13-25(12-18-8-5-11-31-18)23(30)17-6-2-3-7-17/h4-5,8-11,17H,2-3,6-7,12-15H2,1H3. The maximum atomic E-state index is 13.1. The number of halogens is 1. The van der Waals surface area contributed by atoms with Crippen LogP contribution in [0, 0.1) is 12.8 Å². The molecule has 0 atom stereocenters. The topological polar surface area (TPSA) is 74.1 Å². The van der Waals surface area contributed by atoms with Crippen LogP contribution in [0.4, 0.5) is 5.69 Å². The highest BCUT2D eigenvalue weighted by atomic mass is 35.5. The fourth-order valence-corrected chi connectivity index (χ4v) is 4.48. The minimum atomic E-state index is -0.256. The summed E-state index contributed by atoms with van der Waals surface area (Å²) in [5.41, 5.74) is 1.49. The molecule has 3 amide bonds. The molecule has 2 heterocycles. The predicted molar refractivity (Wildman–Crippen MR) is 116 cm³/mol. The molecule has 1 saturated carbocycles. The Kier molecular flexibility index (Phi) is 6.32. The van der Waals surface area contributed by atoms with Gasteiger partial charge in [0.2, 0.25) is 17.7 Å². The summed E-state index contributed by atoms with van der Waals surface area (Å²) < 4.78 is 5.41. The van der Waals surface area contributed by atoms with Gasteiger partial charge in [0.05, 0.1) is 12.8 Å². The first-order valence-corrected chi connectivity index (χ1v) is 11.0. The lowest BCUT2D eigenvalue weighted by molar-refractivity contribution is -0.143. The number of carbonyl (C=O) groups is 3. The van der Waals surface area contributed by atoms with Crippen LogP contribution in [-0.2, 0) is 20.9 Å². The average Bonchev–Trinajstić information content (AvgIpc) is 3.51. The molecule has 0 bridgehead atoms. The zero-order chi connectivity index (χ0) is 22.0. The van der Waals surface area contributed by atoms with Gasteiger partial charge >= 0.3 is 0 Å². The number of carbonyl (C=O) groups excluding carboxylic acids is 3. The van der Waals surface area contributed by atoms with Crippen molar-refractivity contribution < 1.29 is 18.8 Å². The highest BCUT2D eigenvalue weighted by Gasteiger charge is 2.35. The molecule has 31 heavy (non-hydrogen) atoms. The van der Waals surface area contributed by atoms with E-state index in [-0.39, 0.29) is 49.9 Å². The lowest BCUT2D eigenvalue weighted by Gasteiger charge is -2.26. The maximum absolute atomic E-state index is 13.1. The molecule has 2 aliphatic rings. The molecular weight excluding hydrogens is 418 g/mol. The van der Waals surface area contributed by atoms with Crippen molar-refractivity contribution in [3.63, 3.8) is 0 Å². The van der Waals surface area contributed by atoms with E-state index < -0.39 is 0 Å². The first kappa shape index (κ1) is 21.4. The summed E-state index contributed by atoms with van der Waals surface area (Å²) in [6, 6.07) is 8.93. The van der Waals surface area contributed by atoms with Gasteiger partial charge < -0.3 is 14.2 Å². The molecule has 1 aromatic heterocycles. The summed E-state index contributed by atoms with van der Waals surface area (Å²) in [6.45, 7) is 2.14. The average molecular weight is 444 g/mol. The summed E-state index contributed by atoms with van der Waals surface area (Å²) in [4.78, 5) is 43.4. The third-order valence-electron chi connectivity index (χ3n) is 6.09. The molecular formula is C23H26ClN3O4. The van der Waals surface area contributed by atoms with Gasteiger partial charge in [0.15, 0.2) is 0 Å². The molecule has 1 aliphatic carbocycles. The van der Waals surface area contributed by atoms with Crippen LogP contribution in [0.25, 0.3) is 0 Å². The van der Waals surface area contributed by atoms with E-state index in [0.29, 0.717) is 16.5 Å². The molecule has 164 valence electrons. The van der Waals surface area contributed by atoms with Crippen molar-refractivity contribution in [3.8, 4) is 0 Å². The van der Waals surface area contributed by atoms with Gasteiger partial charge in [-0.3, -0.25) is 19.3 Å². The smallest absolute Gasteiger partial charge is 0.248 e. The first-order chi connectivity index (χ1) is 14.9. The van der Waals surface area contributed by atoms with Crippen molar-refractivity contribution in [2.45, 2.75) is 39.2 Å². The number of benzene rings is 1. The van der Waals surface area contributed by atoms with Gasteiger partial charge in [-0.15, -0.1) is 0 Å². The molecule has 0 N–H and O–H groups in total. The number of furan rings is 1. The van der Waals surface area contributed by atoms with E-state index in [1.807, 2.05) is 13.0 Å². The molecule has 2 aromatic rings.